The maximum atomic E-state index is 12.3. The third kappa shape index (κ3) is 2.86. The Hall–Kier alpha value is -2.05. The third-order valence-electron chi connectivity index (χ3n) is 3.72. The Morgan fingerprint density at radius 1 is 1.48 bits per heavy atom. The van der Waals surface area contributed by atoms with E-state index in [2.05, 4.69) is 10.3 Å². The van der Waals surface area contributed by atoms with Crippen LogP contribution >= 0.6 is 0 Å². The minimum absolute atomic E-state index is 0.226. The first kappa shape index (κ1) is 13.9. The molecule has 112 valence electrons. The molecule has 3 rings (SSSR count). The number of aliphatic hydroxyl groups excluding tert-OH is 1. The lowest BCUT2D eigenvalue weighted by Gasteiger charge is -2.28. The molecule has 0 aliphatic carbocycles. The van der Waals surface area contributed by atoms with Gasteiger partial charge in [0, 0.05) is 17.5 Å². The van der Waals surface area contributed by atoms with Gasteiger partial charge in [0.25, 0.3) is 5.91 Å². The number of rotatable bonds is 3. The molecule has 1 aliphatic rings. The summed E-state index contributed by atoms with van der Waals surface area (Å²) in [6.45, 7) is 0.806. The van der Waals surface area contributed by atoms with E-state index in [1.165, 1.54) is 0 Å². The Morgan fingerprint density at radius 3 is 3.10 bits per heavy atom. The number of carbonyl (C=O) groups excluding carboxylic acids is 1. The number of amides is 1. The Bertz CT molecular complexity index is 652. The molecular weight excluding hydrogens is 272 g/mol. The highest BCUT2D eigenvalue weighted by Crippen LogP contribution is 2.21. The summed E-state index contributed by atoms with van der Waals surface area (Å²) >= 11 is 0. The number of hydrogen-bond donors (Lipinski definition) is 3. The van der Waals surface area contributed by atoms with Gasteiger partial charge in [-0.2, -0.15) is 0 Å². The molecular formula is C15H18N2O4. The summed E-state index contributed by atoms with van der Waals surface area (Å²) in [6.07, 6.45) is -0.0480. The van der Waals surface area contributed by atoms with Gasteiger partial charge in [0.05, 0.1) is 25.9 Å². The van der Waals surface area contributed by atoms with Crippen molar-refractivity contribution in [1.29, 1.82) is 0 Å². The van der Waals surface area contributed by atoms with Gasteiger partial charge in [-0.05, 0) is 30.7 Å². The number of ether oxygens (including phenoxy) is 2. The summed E-state index contributed by atoms with van der Waals surface area (Å²) in [5.74, 6) is 0.518. The van der Waals surface area contributed by atoms with Gasteiger partial charge in [-0.15, -0.1) is 0 Å². The summed E-state index contributed by atoms with van der Waals surface area (Å²) in [7, 11) is 1.61. The third-order valence-corrected chi connectivity index (χ3v) is 3.72. The highest BCUT2D eigenvalue weighted by molar-refractivity contribution is 5.98. The van der Waals surface area contributed by atoms with Crippen LogP contribution in [-0.2, 0) is 4.74 Å². The van der Waals surface area contributed by atoms with E-state index >= 15 is 0 Å². The number of aromatic nitrogens is 1. The largest absolute Gasteiger partial charge is 0.497 e. The quantitative estimate of drug-likeness (QED) is 0.789. The van der Waals surface area contributed by atoms with Gasteiger partial charge in [0.15, 0.2) is 0 Å². The molecule has 1 saturated heterocycles. The van der Waals surface area contributed by atoms with Gasteiger partial charge < -0.3 is 24.9 Å². The van der Waals surface area contributed by atoms with Gasteiger partial charge in [-0.3, -0.25) is 4.79 Å². The molecule has 0 spiro atoms. The van der Waals surface area contributed by atoms with Gasteiger partial charge in [0.2, 0.25) is 0 Å². The maximum absolute atomic E-state index is 12.3. The Kier molecular flexibility index (Phi) is 3.81. The Morgan fingerprint density at radius 2 is 2.33 bits per heavy atom. The molecule has 1 aromatic carbocycles. The summed E-state index contributed by atoms with van der Waals surface area (Å²) < 4.78 is 10.3. The van der Waals surface area contributed by atoms with E-state index in [0.29, 0.717) is 18.7 Å². The maximum Gasteiger partial charge on any atom is 0.268 e. The minimum atomic E-state index is -0.660. The standard InChI is InChI=1S/C15H18N2O4/c1-20-10-2-3-11-9(6-10)7-13(16-11)15(19)17-12-4-5-21-8-14(12)18/h2-3,6-7,12,14,16,18H,4-5,8H2,1H3,(H,17,19)/t12-,14-/m1/s1. The zero-order valence-corrected chi connectivity index (χ0v) is 11.8. The predicted octanol–water partition coefficient (Wildman–Crippen LogP) is 1.06. The van der Waals surface area contributed by atoms with E-state index in [1.54, 1.807) is 13.2 Å². The summed E-state index contributed by atoms with van der Waals surface area (Å²) in [5.41, 5.74) is 1.34. The van der Waals surface area contributed by atoms with E-state index < -0.39 is 6.10 Å². The minimum Gasteiger partial charge on any atom is -0.497 e. The van der Waals surface area contributed by atoms with Crippen LogP contribution in [0.1, 0.15) is 16.9 Å². The molecule has 0 unspecified atom stereocenters. The number of methoxy groups -OCH3 is 1. The molecule has 3 N–H and O–H groups in total. The van der Waals surface area contributed by atoms with E-state index in [-0.39, 0.29) is 18.6 Å². The number of fused-ring (bicyclic) bond motifs is 1. The molecule has 1 aromatic heterocycles. The molecule has 1 amide bonds. The second kappa shape index (κ2) is 5.75. The lowest BCUT2D eigenvalue weighted by atomic mass is 10.1. The van der Waals surface area contributed by atoms with Crippen LogP contribution in [0.25, 0.3) is 10.9 Å². The topological polar surface area (TPSA) is 83.6 Å². The van der Waals surface area contributed by atoms with Gasteiger partial charge in [-0.25, -0.2) is 0 Å². The fourth-order valence-corrected chi connectivity index (χ4v) is 2.50. The Labute approximate surface area is 122 Å². The average molecular weight is 290 g/mol. The molecule has 6 heteroatoms. The molecule has 0 saturated carbocycles. The molecule has 1 fully saturated rings. The van der Waals surface area contributed by atoms with Crippen LogP contribution in [0, 0.1) is 0 Å². The van der Waals surface area contributed by atoms with Crippen molar-refractivity contribution in [2.45, 2.75) is 18.6 Å². The zero-order chi connectivity index (χ0) is 14.8. The second-order valence-electron chi connectivity index (χ2n) is 5.15. The molecule has 2 aromatic rings. The van der Waals surface area contributed by atoms with Crippen molar-refractivity contribution in [3.63, 3.8) is 0 Å². The number of benzene rings is 1. The van der Waals surface area contributed by atoms with Gasteiger partial charge >= 0.3 is 0 Å². The first-order valence-corrected chi connectivity index (χ1v) is 6.91. The lowest BCUT2D eigenvalue weighted by molar-refractivity contribution is -0.0261. The molecule has 0 radical (unpaired) electrons. The number of aromatic amines is 1. The normalized spacial score (nSPS) is 22.2. The summed E-state index contributed by atoms with van der Waals surface area (Å²) in [4.78, 5) is 15.3. The lowest BCUT2D eigenvalue weighted by Crippen LogP contribution is -2.48. The monoisotopic (exact) mass is 290 g/mol. The number of H-pyrrole nitrogens is 1. The van der Waals surface area contributed by atoms with Crippen molar-refractivity contribution in [2.75, 3.05) is 20.3 Å². The number of carbonyl (C=O) groups is 1. The van der Waals surface area contributed by atoms with E-state index in [0.717, 1.165) is 16.7 Å². The van der Waals surface area contributed by atoms with E-state index in [1.807, 2.05) is 18.2 Å². The van der Waals surface area contributed by atoms with Gasteiger partial charge in [0.1, 0.15) is 11.4 Å². The van der Waals surface area contributed by atoms with Crippen molar-refractivity contribution in [2.24, 2.45) is 0 Å². The van der Waals surface area contributed by atoms with Crippen LogP contribution in [0.15, 0.2) is 24.3 Å². The first-order chi connectivity index (χ1) is 10.2. The average Bonchev–Trinajstić information content (AvgIpc) is 2.92. The smallest absolute Gasteiger partial charge is 0.268 e. The van der Waals surface area contributed by atoms with Crippen LogP contribution in [0.2, 0.25) is 0 Å². The van der Waals surface area contributed by atoms with Crippen molar-refractivity contribution in [3.05, 3.63) is 30.0 Å². The van der Waals surface area contributed by atoms with Crippen molar-refractivity contribution < 1.29 is 19.4 Å². The zero-order valence-electron chi connectivity index (χ0n) is 11.8. The fourth-order valence-electron chi connectivity index (χ4n) is 2.50. The predicted molar refractivity (Wildman–Crippen MR) is 77.5 cm³/mol. The number of hydrogen-bond acceptors (Lipinski definition) is 4. The number of nitrogens with one attached hydrogen (secondary N) is 2. The van der Waals surface area contributed by atoms with E-state index in [9.17, 15) is 9.90 Å². The summed E-state index contributed by atoms with van der Waals surface area (Å²) in [6, 6.07) is 7.08. The van der Waals surface area contributed by atoms with Crippen LogP contribution in [0.3, 0.4) is 0 Å². The number of aliphatic hydroxyl groups is 1. The van der Waals surface area contributed by atoms with Crippen LogP contribution < -0.4 is 10.1 Å². The highest BCUT2D eigenvalue weighted by Gasteiger charge is 2.25. The fraction of sp³-hybridized carbons (Fsp3) is 0.400. The first-order valence-electron chi connectivity index (χ1n) is 6.91. The highest BCUT2D eigenvalue weighted by atomic mass is 16.5. The molecule has 6 nitrogen and oxygen atoms in total. The van der Waals surface area contributed by atoms with Gasteiger partial charge in [-0.1, -0.05) is 0 Å². The van der Waals surface area contributed by atoms with Crippen LogP contribution in [-0.4, -0.2) is 48.5 Å². The molecule has 21 heavy (non-hydrogen) atoms. The SMILES string of the molecule is COc1ccc2[nH]c(C(=O)N[C@@H]3CCOC[C@H]3O)cc2c1. The molecule has 2 heterocycles. The molecule has 0 bridgehead atoms. The Balaban J connectivity index is 1.77. The van der Waals surface area contributed by atoms with Crippen molar-refractivity contribution in [1.82, 2.24) is 10.3 Å². The molecule has 1 aliphatic heterocycles. The van der Waals surface area contributed by atoms with Crippen molar-refractivity contribution in [3.8, 4) is 5.75 Å². The molecule has 2 atom stereocenters. The van der Waals surface area contributed by atoms with Crippen LogP contribution in [0.5, 0.6) is 5.75 Å². The van der Waals surface area contributed by atoms with Crippen LogP contribution in [0.4, 0.5) is 0 Å². The van der Waals surface area contributed by atoms with Crippen molar-refractivity contribution >= 4 is 16.8 Å². The van der Waals surface area contributed by atoms with E-state index in [4.69, 9.17) is 9.47 Å². The second-order valence-corrected chi connectivity index (χ2v) is 5.15. The summed E-state index contributed by atoms with van der Waals surface area (Å²) in [5, 5.41) is 13.6.